The highest BCUT2D eigenvalue weighted by molar-refractivity contribution is 7.15. The minimum Gasteiger partial charge on any atom is -0.398 e. The van der Waals surface area contributed by atoms with E-state index in [2.05, 4.69) is 50.1 Å². The van der Waals surface area contributed by atoms with Crippen molar-refractivity contribution in [2.24, 2.45) is 35.5 Å². The molecular formula is C62H70Cl2F6N6O5S3. The van der Waals surface area contributed by atoms with Crippen molar-refractivity contribution >= 4 is 102 Å². The fourth-order valence-corrected chi connectivity index (χ4v) is 16.2. The van der Waals surface area contributed by atoms with Crippen molar-refractivity contribution < 1.29 is 50.3 Å². The lowest BCUT2D eigenvalue weighted by Gasteiger charge is -2.28. The van der Waals surface area contributed by atoms with Crippen molar-refractivity contribution in [3.63, 3.8) is 0 Å². The molecule has 0 aliphatic heterocycles. The highest BCUT2D eigenvalue weighted by Gasteiger charge is 2.44. The van der Waals surface area contributed by atoms with Gasteiger partial charge in [0.25, 0.3) is 36.3 Å². The predicted octanol–water partition coefficient (Wildman–Crippen LogP) is 18.4. The lowest BCUT2D eigenvalue weighted by atomic mass is 9.82. The van der Waals surface area contributed by atoms with Crippen LogP contribution in [0.15, 0.2) is 72.8 Å². The van der Waals surface area contributed by atoms with Gasteiger partial charge in [-0.15, -0.1) is 34.0 Å². The van der Waals surface area contributed by atoms with Crippen molar-refractivity contribution in [2.75, 3.05) is 16.0 Å². The SMILES string of the molecule is C.CC(=O)Cl.CC(=O)N(C(=O)c1sc(C)nc1C(F)F)c1ccccc1C1CC2CCC1C2.Cc1nc(C(F)F)c(C(=O)Cl)s1.Cc1nc(C(F)F)c(C(=O)Nc2ccccc2C2CC3CCC2C3)s1.Nc1ccccc1C1CC2CCC1C2. The quantitative estimate of drug-likeness (QED) is 0.0729. The first kappa shape index (κ1) is 66.0. The van der Waals surface area contributed by atoms with E-state index < -0.39 is 59.3 Å². The number of rotatable bonds is 11. The third kappa shape index (κ3) is 15.7. The molecule has 6 saturated carbocycles. The molecule has 12 rings (SSSR count). The largest absolute Gasteiger partial charge is 0.398 e. The highest BCUT2D eigenvalue weighted by atomic mass is 35.5. The van der Waals surface area contributed by atoms with Crippen LogP contribution in [0.1, 0.15) is 213 Å². The normalized spacial score (nSPS) is 22.9. The van der Waals surface area contributed by atoms with Crippen LogP contribution in [0.25, 0.3) is 0 Å². The number of halogens is 8. The summed E-state index contributed by atoms with van der Waals surface area (Å²) in [5, 5.41) is 2.89. The fraction of sp³-hybridized carbons (Fsp3) is 0.484. The number of hydrogen-bond donors (Lipinski definition) is 2. The van der Waals surface area contributed by atoms with Crippen LogP contribution < -0.4 is 16.0 Å². The number of aryl methyl sites for hydroxylation is 3. The number of nitrogens with zero attached hydrogens (tertiary/aromatic N) is 4. The summed E-state index contributed by atoms with van der Waals surface area (Å²) in [4.78, 5) is 69.9. The van der Waals surface area contributed by atoms with Gasteiger partial charge in [-0.05, 0) is 190 Å². The Kier molecular flexibility index (Phi) is 23.0. The van der Waals surface area contributed by atoms with Crippen LogP contribution in [0.3, 0.4) is 0 Å². The van der Waals surface area contributed by atoms with E-state index in [-0.39, 0.29) is 27.3 Å². The van der Waals surface area contributed by atoms with E-state index in [0.29, 0.717) is 50.3 Å². The van der Waals surface area contributed by atoms with Gasteiger partial charge in [0.15, 0.2) is 0 Å². The molecule has 6 fully saturated rings. The van der Waals surface area contributed by atoms with Gasteiger partial charge in [0.05, 0.1) is 20.7 Å². The number of amides is 3. The van der Waals surface area contributed by atoms with E-state index in [9.17, 15) is 50.3 Å². The predicted molar refractivity (Wildman–Crippen MR) is 323 cm³/mol. The van der Waals surface area contributed by atoms with Crippen molar-refractivity contribution in [2.45, 2.75) is 156 Å². The number of aromatic nitrogens is 3. The van der Waals surface area contributed by atoms with Gasteiger partial charge in [0.1, 0.15) is 31.7 Å². The Morgan fingerprint density at radius 2 is 0.929 bits per heavy atom. The second-order valence-electron chi connectivity index (χ2n) is 22.2. The van der Waals surface area contributed by atoms with Crippen LogP contribution in [-0.4, -0.2) is 43.2 Å². The van der Waals surface area contributed by atoms with Crippen LogP contribution in [0, 0.1) is 56.3 Å². The summed E-state index contributed by atoms with van der Waals surface area (Å²) >= 11 is 12.5. The first-order chi connectivity index (χ1) is 39.5. The zero-order chi connectivity index (χ0) is 60.0. The zero-order valence-corrected chi connectivity index (χ0v) is 50.5. The number of anilines is 3. The molecule has 3 aromatic carbocycles. The molecule has 6 aliphatic carbocycles. The van der Waals surface area contributed by atoms with Crippen LogP contribution in [0.5, 0.6) is 0 Å². The number of imide groups is 1. The first-order valence-electron chi connectivity index (χ1n) is 27.8. The molecule has 6 aromatic rings. The molecule has 3 amide bonds. The molecular weight excluding hydrogens is 1190 g/mol. The number of nitrogens with two attached hydrogens (primary N) is 1. The molecule has 3 N–H and O–H groups in total. The Labute approximate surface area is 508 Å². The van der Waals surface area contributed by atoms with E-state index >= 15 is 0 Å². The number of nitrogens with one attached hydrogen (secondary N) is 1. The van der Waals surface area contributed by atoms with Gasteiger partial charge < -0.3 is 11.1 Å². The van der Waals surface area contributed by atoms with E-state index in [0.717, 1.165) is 91.5 Å². The number of thiazole rings is 3. The molecule has 9 atom stereocenters. The van der Waals surface area contributed by atoms with E-state index in [4.69, 9.17) is 17.3 Å². The average Bonchev–Trinajstić information content (AvgIpc) is 3.71. The van der Waals surface area contributed by atoms with Crippen molar-refractivity contribution in [1.29, 1.82) is 0 Å². The maximum atomic E-state index is 13.4. The molecule has 84 heavy (non-hydrogen) atoms. The minimum atomic E-state index is -2.86. The van der Waals surface area contributed by atoms with Crippen LogP contribution in [-0.2, 0) is 9.59 Å². The van der Waals surface area contributed by atoms with Crippen molar-refractivity contribution in [1.82, 2.24) is 15.0 Å². The van der Waals surface area contributed by atoms with Gasteiger partial charge in [0.2, 0.25) is 11.1 Å². The summed E-state index contributed by atoms with van der Waals surface area (Å²) in [6, 6.07) is 23.6. The summed E-state index contributed by atoms with van der Waals surface area (Å²) < 4.78 is 77.3. The van der Waals surface area contributed by atoms with Gasteiger partial charge in [0, 0.05) is 25.2 Å². The molecule has 0 radical (unpaired) electrons. The van der Waals surface area contributed by atoms with Crippen LogP contribution >= 0.6 is 57.2 Å². The Morgan fingerprint density at radius 3 is 1.35 bits per heavy atom. The monoisotopic (exact) mass is 1260 g/mol. The number of alkyl halides is 6. The van der Waals surface area contributed by atoms with Crippen LogP contribution in [0.4, 0.5) is 43.4 Å². The molecule has 11 nitrogen and oxygen atoms in total. The third-order valence-corrected chi connectivity index (χ3v) is 20.0. The number of hydrogen-bond acceptors (Lipinski definition) is 12. The number of nitrogen functional groups attached to an aromatic ring is 1. The van der Waals surface area contributed by atoms with Crippen molar-refractivity contribution in [3.8, 4) is 0 Å². The molecule has 3 heterocycles. The maximum Gasteiger partial charge on any atom is 0.282 e. The lowest BCUT2D eigenvalue weighted by molar-refractivity contribution is -0.116. The summed E-state index contributed by atoms with van der Waals surface area (Å²) in [7, 11) is 0. The Balaban J connectivity index is 0.000000164. The van der Waals surface area contributed by atoms with Crippen LogP contribution in [0.2, 0.25) is 0 Å². The zero-order valence-electron chi connectivity index (χ0n) is 46.5. The average molecular weight is 1260 g/mol. The summed E-state index contributed by atoms with van der Waals surface area (Å²) in [6.45, 7) is 7.35. The standard InChI is InChI=1S/C21H22F2N2O2S.C19H20F2N2OS.C13H17N.C6H4ClF2NOS.C2H3ClO.CH4/c1-11-24-18(20(22)23)19(28-11)21(27)25(12(2)26)17-6-4-3-5-15(17)16-10-13-7-8-14(16)9-13;1-10-22-16(18(20)21)17(25-10)19(24)23-15-5-3-2-4-13(15)14-9-11-6-7-12(14)8-11;14-13-4-2-1-3-11(13)12-8-9-5-6-10(12)7-9;1-2-10-3(6(8)9)4(12-2)5(7)11;1-2(3)4;/h3-6,13-14,16,20H,7-10H2,1-2H3;2-5,11-12,14,18H,6-9H2,1H3,(H,23,24);1-4,9-10,12H,5-8,14H2;6H,1H3;1H3;1H4. The summed E-state index contributed by atoms with van der Waals surface area (Å²) in [6.07, 6.45) is 7.07. The molecule has 3 aromatic heterocycles. The van der Waals surface area contributed by atoms with E-state index in [1.54, 1.807) is 32.9 Å². The number of carbonyl (C=O) groups excluding carboxylic acids is 5. The lowest BCUT2D eigenvalue weighted by Crippen LogP contribution is -2.36. The van der Waals surface area contributed by atoms with Gasteiger partial charge in [-0.3, -0.25) is 24.0 Å². The van der Waals surface area contributed by atoms with Gasteiger partial charge in [-0.25, -0.2) is 46.2 Å². The number of para-hydroxylation sites is 3. The van der Waals surface area contributed by atoms with Gasteiger partial charge in [-0.1, -0.05) is 81.3 Å². The summed E-state index contributed by atoms with van der Waals surface area (Å²) in [5.41, 5.74) is 10.3. The Bertz CT molecular complexity index is 3300. The molecule has 0 spiro atoms. The maximum absolute atomic E-state index is 13.4. The molecule has 9 unspecified atom stereocenters. The highest BCUT2D eigenvalue weighted by Crippen LogP contribution is 2.56. The number of benzene rings is 3. The second kappa shape index (κ2) is 29.2. The Morgan fingerprint density at radius 1 is 0.548 bits per heavy atom. The summed E-state index contributed by atoms with van der Waals surface area (Å²) in [5.74, 6) is 4.56. The second-order valence-corrected chi connectivity index (χ2v) is 26.7. The molecule has 6 bridgehead atoms. The number of carbonyl (C=O) groups is 5. The van der Waals surface area contributed by atoms with Crippen molar-refractivity contribution in [3.05, 3.63) is 136 Å². The fourth-order valence-electron chi connectivity index (χ4n) is 13.6. The van der Waals surface area contributed by atoms with Gasteiger partial charge in [-0.2, -0.15) is 0 Å². The molecule has 6 aliphatic rings. The topological polar surface area (TPSA) is 165 Å². The molecule has 452 valence electrons. The van der Waals surface area contributed by atoms with E-state index in [1.165, 1.54) is 90.0 Å². The van der Waals surface area contributed by atoms with E-state index in [1.807, 2.05) is 42.5 Å². The third-order valence-electron chi connectivity index (χ3n) is 16.8. The smallest absolute Gasteiger partial charge is 0.282 e. The van der Waals surface area contributed by atoms with Gasteiger partial charge >= 0.3 is 0 Å². The first-order valence-corrected chi connectivity index (χ1v) is 31.0. The Hall–Kier alpha value is -5.54. The number of fused-ring (bicyclic) bond motifs is 6. The molecule has 22 heteroatoms. The minimum absolute atomic E-state index is 0. The molecule has 0 saturated heterocycles.